The first-order valence-corrected chi connectivity index (χ1v) is 13.5. The molecule has 31 heavy (non-hydrogen) atoms. The van der Waals surface area contributed by atoms with Crippen LogP contribution in [0.15, 0.2) is 18.6 Å². The van der Waals surface area contributed by atoms with Gasteiger partial charge in [0.15, 0.2) is 11.5 Å². The average Bonchev–Trinajstić information content (AvgIpc) is 3.31. The molecule has 0 unspecified atom stereocenters. The van der Waals surface area contributed by atoms with Crippen LogP contribution in [0.5, 0.6) is 0 Å². The number of anilines is 1. The first kappa shape index (κ1) is 22.6. The van der Waals surface area contributed by atoms with Gasteiger partial charge in [-0.15, -0.1) is 0 Å². The standard InChI is InChI=1S/C27H44N4/c1-2-8-12-16-24(17-13-9-3-1)25-22-31-21-20-29-27(31)26(30-25)28-19-18-23-14-10-6-4-5-7-11-15-23/h20-24H,1-19H2,(H,28,30). The number of fused-ring (bicyclic) bond motifs is 1. The molecule has 0 bridgehead atoms. The van der Waals surface area contributed by atoms with Crippen molar-refractivity contribution in [2.24, 2.45) is 5.92 Å². The van der Waals surface area contributed by atoms with Gasteiger partial charge >= 0.3 is 0 Å². The fourth-order valence-corrected chi connectivity index (χ4v) is 5.77. The molecule has 0 saturated heterocycles. The van der Waals surface area contributed by atoms with Gasteiger partial charge in [0.2, 0.25) is 0 Å². The van der Waals surface area contributed by atoms with Crippen LogP contribution in [0.25, 0.3) is 5.65 Å². The van der Waals surface area contributed by atoms with Gasteiger partial charge in [-0.05, 0) is 25.2 Å². The van der Waals surface area contributed by atoms with E-state index in [0.717, 1.165) is 23.9 Å². The minimum absolute atomic E-state index is 0.597. The number of aromatic nitrogens is 3. The molecule has 172 valence electrons. The molecule has 1 N–H and O–H groups in total. The second kappa shape index (κ2) is 12.5. The van der Waals surface area contributed by atoms with E-state index in [2.05, 4.69) is 27.1 Å². The monoisotopic (exact) mass is 424 g/mol. The van der Waals surface area contributed by atoms with Crippen LogP contribution in [0.3, 0.4) is 0 Å². The lowest BCUT2D eigenvalue weighted by molar-refractivity contribution is 0.409. The molecular formula is C27H44N4. The Morgan fingerprint density at radius 2 is 1.35 bits per heavy atom. The first-order chi connectivity index (χ1) is 15.4. The van der Waals surface area contributed by atoms with Crippen LogP contribution in [-0.4, -0.2) is 20.9 Å². The van der Waals surface area contributed by atoms with Gasteiger partial charge in [0.05, 0.1) is 5.69 Å². The van der Waals surface area contributed by atoms with Crippen molar-refractivity contribution in [1.29, 1.82) is 0 Å². The number of rotatable bonds is 5. The minimum Gasteiger partial charge on any atom is -0.367 e. The molecule has 0 radical (unpaired) electrons. The van der Waals surface area contributed by atoms with E-state index in [1.807, 2.05) is 6.20 Å². The third-order valence-electron chi connectivity index (χ3n) is 7.74. The molecule has 0 atom stereocenters. The molecule has 0 spiro atoms. The molecule has 0 aliphatic heterocycles. The summed E-state index contributed by atoms with van der Waals surface area (Å²) in [6.07, 6.45) is 31.2. The Hall–Kier alpha value is -1.58. The summed E-state index contributed by atoms with van der Waals surface area (Å²) in [4.78, 5) is 9.77. The second-order valence-electron chi connectivity index (χ2n) is 10.2. The maximum atomic E-state index is 5.16. The third-order valence-corrected chi connectivity index (χ3v) is 7.74. The summed E-state index contributed by atoms with van der Waals surface area (Å²) in [7, 11) is 0. The zero-order valence-corrected chi connectivity index (χ0v) is 19.7. The topological polar surface area (TPSA) is 42.2 Å². The second-order valence-corrected chi connectivity index (χ2v) is 10.2. The number of nitrogens with zero attached hydrogens (tertiary/aromatic N) is 3. The summed E-state index contributed by atoms with van der Waals surface area (Å²) in [5.41, 5.74) is 2.26. The molecule has 4 heteroatoms. The van der Waals surface area contributed by atoms with Gasteiger partial charge in [0.1, 0.15) is 0 Å². The zero-order chi connectivity index (χ0) is 21.1. The van der Waals surface area contributed by atoms with Gasteiger partial charge in [-0.2, -0.15) is 0 Å². The highest BCUT2D eigenvalue weighted by atomic mass is 15.1. The van der Waals surface area contributed by atoms with Crippen LogP contribution in [0.4, 0.5) is 5.82 Å². The molecule has 2 saturated carbocycles. The third kappa shape index (κ3) is 6.95. The van der Waals surface area contributed by atoms with E-state index >= 15 is 0 Å². The molecule has 0 aromatic carbocycles. The smallest absolute Gasteiger partial charge is 0.180 e. The van der Waals surface area contributed by atoms with Crippen molar-refractivity contribution in [2.45, 2.75) is 121 Å². The normalized spacial score (nSPS) is 21.3. The van der Waals surface area contributed by atoms with E-state index < -0.39 is 0 Å². The Morgan fingerprint density at radius 3 is 2.00 bits per heavy atom. The lowest BCUT2D eigenvalue weighted by Crippen LogP contribution is -2.13. The largest absolute Gasteiger partial charge is 0.367 e. The van der Waals surface area contributed by atoms with Crippen LogP contribution in [0.1, 0.15) is 127 Å². The minimum atomic E-state index is 0.597. The van der Waals surface area contributed by atoms with Crippen LogP contribution < -0.4 is 5.32 Å². The van der Waals surface area contributed by atoms with Crippen molar-refractivity contribution in [3.05, 3.63) is 24.3 Å². The molecule has 2 heterocycles. The maximum Gasteiger partial charge on any atom is 0.180 e. The van der Waals surface area contributed by atoms with Gasteiger partial charge in [-0.1, -0.05) is 96.3 Å². The molecular weight excluding hydrogens is 380 g/mol. The molecule has 0 amide bonds. The summed E-state index contributed by atoms with van der Waals surface area (Å²) < 4.78 is 2.20. The van der Waals surface area contributed by atoms with Gasteiger partial charge < -0.3 is 9.72 Å². The highest BCUT2D eigenvalue weighted by molar-refractivity contribution is 5.62. The highest BCUT2D eigenvalue weighted by Crippen LogP contribution is 2.31. The number of hydrogen-bond acceptors (Lipinski definition) is 3. The van der Waals surface area contributed by atoms with Crippen molar-refractivity contribution in [1.82, 2.24) is 14.4 Å². The summed E-state index contributed by atoms with van der Waals surface area (Å²) in [6.45, 7) is 1.02. The van der Waals surface area contributed by atoms with Gasteiger partial charge in [0, 0.05) is 31.1 Å². The Labute approximate surface area is 189 Å². The Morgan fingerprint density at radius 1 is 0.774 bits per heavy atom. The fraction of sp³-hybridized carbons (Fsp3) is 0.778. The number of nitrogens with one attached hydrogen (secondary N) is 1. The maximum absolute atomic E-state index is 5.16. The summed E-state index contributed by atoms with van der Waals surface area (Å²) in [6, 6.07) is 0. The molecule has 2 aromatic rings. The van der Waals surface area contributed by atoms with E-state index in [4.69, 9.17) is 4.98 Å². The van der Waals surface area contributed by atoms with Gasteiger partial charge in [-0.3, -0.25) is 0 Å². The summed E-state index contributed by atoms with van der Waals surface area (Å²) in [5, 5.41) is 3.71. The molecule has 2 aliphatic rings. The van der Waals surface area contributed by atoms with E-state index in [1.54, 1.807) is 0 Å². The number of hydrogen-bond donors (Lipinski definition) is 1. The molecule has 4 rings (SSSR count). The SMILES string of the molecule is c1cn2cc(C3CCCCCCCCC3)nc(NCCC3CCCCCCCC3)c2n1. The van der Waals surface area contributed by atoms with Crippen LogP contribution >= 0.6 is 0 Å². The van der Waals surface area contributed by atoms with Crippen molar-refractivity contribution < 1.29 is 0 Å². The van der Waals surface area contributed by atoms with Crippen LogP contribution in [-0.2, 0) is 0 Å². The Balaban J connectivity index is 1.41. The van der Waals surface area contributed by atoms with Crippen molar-refractivity contribution in [3.8, 4) is 0 Å². The van der Waals surface area contributed by atoms with Crippen molar-refractivity contribution >= 4 is 11.5 Å². The molecule has 4 nitrogen and oxygen atoms in total. The molecule has 2 fully saturated rings. The van der Waals surface area contributed by atoms with E-state index in [-0.39, 0.29) is 0 Å². The predicted molar refractivity (Wildman–Crippen MR) is 131 cm³/mol. The van der Waals surface area contributed by atoms with Gasteiger partial charge in [-0.25, -0.2) is 9.97 Å². The predicted octanol–water partition coefficient (Wildman–Crippen LogP) is 7.89. The lowest BCUT2D eigenvalue weighted by atomic mass is 9.90. The molecule has 2 aromatic heterocycles. The van der Waals surface area contributed by atoms with Crippen molar-refractivity contribution in [2.75, 3.05) is 11.9 Å². The van der Waals surface area contributed by atoms with E-state index in [9.17, 15) is 0 Å². The van der Waals surface area contributed by atoms with Gasteiger partial charge in [0.25, 0.3) is 0 Å². The average molecular weight is 425 g/mol. The van der Waals surface area contributed by atoms with Crippen LogP contribution in [0, 0.1) is 5.92 Å². The Bertz CT molecular complexity index is 748. The molecule has 2 aliphatic carbocycles. The lowest BCUT2D eigenvalue weighted by Gasteiger charge is -2.20. The fourth-order valence-electron chi connectivity index (χ4n) is 5.77. The summed E-state index contributed by atoms with van der Waals surface area (Å²) in [5.74, 6) is 2.48. The van der Waals surface area contributed by atoms with Crippen molar-refractivity contribution in [3.63, 3.8) is 0 Å². The highest BCUT2D eigenvalue weighted by Gasteiger charge is 2.18. The van der Waals surface area contributed by atoms with Crippen LogP contribution in [0.2, 0.25) is 0 Å². The number of imidazole rings is 1. The summed E-state index contributed by atoms with van der Waals surface area (Å²) >= 11 is 0. The van der Waals surface area contributed by atoms with E-state index in [0.29, 0.717) is 5.92 Å². The quantitative estimate of drug-likeness (QED) is 0.530. The first-order valence-electron chi connectivity index (χ1n) is 13.5. The zero-order valence-electron chi connectivity index (χ0n) is 19.7. The van der Waals surface area contributed by atoms with E-state index in [1.165, 1.54) is 121 Å². The Kier molecular flexibility index (Phi) is 9.08.